The quantitative estimate of drug-likeness (QED) is 0.769. The smallest absolute Gasteiger partial charge is 0.0836 e. The Kier molecular flexibility index (Phi) is 6.29. The van der Waals surface area contributed by atoms with Crippen LogP contribution in [0, 0.1) is 0 Å². The lowest BCUT2D eigenvalue weighted by Gasteiger charge is -2.26. The van der Waals surface area contributed by atoms with E-state index in [2.05, 4.69) is 0 Å². The number of aliphatic hydroxyl groups excluding tert-OH is 1. The van der Waals surface area contributed by atoms with Gasteiger partial charge in [-0.2, -0.15) is 0 Å². The number of halogens is 1. The van der Waals surface area contributed by atoms with Crippen LogP contribution in [-0.2, 0) is 4.74 Å². The van der Waals surface area contributed by atoms with E-state index < -0.39 is 6.10 Å². The lowest BCUT2D eigenvalue weighted by atomic mass is 10.2. The van der Waals surface area contributed by atoms with Crippen LogP contribution < -0.4 is 10.6 Å². The number of aliphatic hydroxyl groups is 1. The Balaban J connectivity index is 2.70. The molecule has 1 unspecified atom stereocenters. The third-order valence-electron chi connectivity index (χ3n) is 2.46. The fourth-order valence-electron chi connectivity index (χ4n) is 1.51. The van der Waals surface area contributed by atoms with Crippen molar-refractivity contribution in [2.75, 3.05) is 38.3 Å². The summed E-state index contributed by atoms with van der Waals surface area (Å²) in [5.41, 5.74) is 6.42. The van der Waals surface area contributed by atoms with Crippen molar-refractivity contribution in [3.63, 3.8) is 0 Å². The fraction of sp³-hybridized carbons (Fsp3) is 0.500. The molecule has 1 rings (SSSR count). The maximum absolute atomic E-state index is 9.61. The predicted molar refractivity (Wildman–Crippen MR) is 70.6 cm³/mol. The Morgan fingerprint density at radius 1 is 1.41 bits per heavy atom. The number of nitrogens with two attached hydrogens (primary N) is 1. The fourth-order valence-corrected chi connectivity index (χ4v) is 1.63. The van der Waals surface area contributed by atoms with E-state index in [-0.39, 0.29) is 6.54 Å². The van der Waals surface area contributed by atoms with Crippen LogP contribution in [-0.4, -0.2) is 44.6 Å². The van der Waals surface area contributed by atoms with E-state index in [1.54, 1.807) is 7.11 Å². The molecular weight excluding hydrogens is 240 g/mol. The second-order valence-corrected chi connectivity index (χ2v) is 4.24. The van der Waals surface area contributed by atoms with Crippen molar-refractivity contribution in [1.29, 1.82) is 0 Å². The molecule has 5 heteroatoms. The van der Waals surface area contributed by atoms with Gasteiger partial charge in [-0.3, -0.25) is 0 Å². The number of hydrogen-bond donors (Lipinski definition) is 2. The summed E-state index contributed by atoms with van der Waals surface area (Å²) < 4.78 is 5.05. The number of nitrogens with zero attached hydrogens (tertiary/aromatic N) is 1. The first-order chi connectivity index (χ1) is 8.17. The van der Waals surface area contributed by atoms with Crippen LogP contribution >= 0.6 is 11.6 Å². The molecule has 3 N–H and O–H groups in total. The number of rotatable bonds is 7. The Bertz CT molecular complexity index is 319. The number of benzene rings is 1. The van der Waals surface area contributed by atoms with Gasteiger partial charge < -0.3 is 20.5 Å². The van der Waals surface area contributed by atoms with Crippen LogP contribution in [0.3, 0.4) is 0 Å². The minimum atomic E-state index is -0.539. The summed E-state index contributed by atoms with van der Waals surface area (Å²) in [6.07, 6.45) is -0.539. The van der Waals surface area contributed by atoms with Gasteiger partial charge in [-0.1, -0.05) is 11.6 Å². The monoisotopic (exact) mass is 258 g/mol. The molecule has 0 saturated carbocycles. The summed E-state index contributed by atoms with van der Waals surface area (Å²) in [6, 6.07) is 7.49. The Morgan fingerprint density at radius 3 is 2.59 bits per heavy atom. The van der Waals surface area contributed by atoms with E-state index in [0.29, 0.717) is 24.7 Å². The standard InChI is InChI=1S/C12H19ClN2O2/c1-17-7-6-15(9-12(16)8-14)11-4-2-10(13)3-5-11/h2-5,12,16H,6-9,14H2,1H3. The molecule has 1 aromatic rings. The molecule has 0 radical (unpaired) electrons. The van der Waals surface area contributed by atoms with Crippen LogP contribution in [0.4, 0.5) is 5.69 Å². The zero-order chi connectivity index (χ0) is 12.7. The maximum Gasteiger partial charge on any atom is 0.0836 e. The lowest BCUT2D eigenvalue weighted by molar-refractivity contribution is 0.177. The second-order valence-electron chi connectivity index (χ2n) is 3.80. The van der Waals surface area contributed by atoms with Crippen molar-refractivity contribution < 1.29 is 9.84 Å². The van der Waals surface area contributed by atoms with Crippen LogP contribution in [0.1, 0.15) is 0 Å². The third-order valence-corrected chi connectivity index (χ3v) is 2.71. The van der Waals surface area contributed by atoms with Gasteiger partial charge in [-0.05, 0) is 24.3 Å². The van der Waals surface area contributed by atoms with Crippen molar-refractivity contribution >= 4 is 17.3 Å². The Labute approximate surface area is 107 Å². The highest BCUT2D eigenvalue weighted by Crippen LogP contribution is 2.18. The zero-order valence-corrected chi connectivity index (χ0v) is 10.7. The highest BCUT2D eigenvalue weighted by molar-refractivity contribution is 6.30. The highest BCUT2D eigenvalue weighted by atomic mass is 35.5. The number of hydrogen-bond acceptors (Lipinski definition) is 4. The van der Waals surface area contributed by atoms with Crippen molar-refractivity contribution in [2.24, 2.45) is 5.73 Å². The number of methoxy groups -OCH3 is 1. The van der Waals surface area contributed by atoms with Gasteiger partial charge in [0, 0.05) is 37.5 Å². The molecule has 0 heterocycles. The third kappa shape index (κ3) is 4.91. The lowest BCUT2D eigenvalue weighted by Crippen LogP contribution is -2.38. The van der Waals surface area contributed by atoms with E-state index in [4.69, 9.17) is 22.1 Å². The summed E-state index contributed by atoms with van der Waals surface area (Å²) in [5, 5.41) is 10.3. The van der Waals surface area contributed by atoms with Gasteiger partial charge in [0.15, 0.2) is 0 Å². The molecule has 0 aliphatic carbocycles. The SMILES string of the molecule is COCCN(CC(O)CN)c1ccc(Cl)cc1. The van der Waals surface area contributed by atoms with Gasteiger partial charge in [0.1, 0.15) is 0 Å². The van der Waals surface area contributed by atoms with Crippen LogP contribution in [0.2, 0.25) is 5.02 Å². The molecule has 96 valence electrons. The van der Waals surface area contributed by atoms with Crippen LogP contribution in [0.25, 0.3) is 0 Å². The molecule has 4 nitrogen and oxygen atoms in total. The van der Waals surface area contributed by atoms with E-state index in [9.17, 15) is 5.11 Å². The largest absolute Gasteiger partial charge is 0.390 e. The molecule has 0 aromatic heterocycles. The molecule has 0 saturated heterocycles. The maximum atomic E-state index is 9.61. The van der Waals surface area contributed by atoms with E-state index >= 15 is 0 Å². The summed E-state index contributed by atoms with van der Waals surface area (Å²) >= 11 is 5.84. The van der Waals surface area contributed by atoms with E-state index in [0.717, 1.165) is 5.69 Å². The van der Waals surface area contributed by atoms with Gasteiger partial charge in [0.25, 0.3) is 0 Å². The summed E-state index contributed by atoms with van der Waals surface area (Å²) in [6.45, 7) is 2.04. The van der Waals surface area contributed by atoms with Gasteiger partial charge in [-0.15, -0.1) is 0 Å². The molecular formula is C12H19ClN2O2. The Hall–Kier alpha value is -0.810. The molecule has 0 aliphatic heterocycles. The number of anilines is 1. The first-order valence-corrected chi connectivity index (χ1v) is 5.92. The van der Waals surface area contributed by atoms with E-state index in [1.165, 1.54) is 0 Å². The summed E-state index contributed by atoms with van der Waals surface area (Å²) in [4.78, 5) is 2.03. The number of ether oxygens (including phenoxy) is 1. The first-order valence-electron chi connectivity index (χ1n) is 5.55. The van der Waals surface area contributed by atoms with Crippen molar-refractivity contribution in [2.45, 2.75) is 6.10 Å². The molecule has 1 atom stereocenters. The molecule has 0 fully saturated rings. The normalized spacial score (nSPS) is 12.5. The van der Waals surface area contributed by atoms with Crippen molar-refractivity contribution in [3.8, 4) is 0 Å². The predicted octanol–water partition coefficient (Wildman–Crippen LogP) is 1.11. The molecule has 17 heavy (non-hydrogen) atoms. The topological polar surface area (TPSA) is 58.7 Å². The minimum absolute atomic E-state index is 0.247. The molecule has 0 aliphatic rings. The Morgan fingerprint density at radius 2 is 2.06 bits per heavy atom. The van der Waals surface area contributed by atoms with Gasteiger partial charge in [0.05, 0.1) is 12.7 Å². The molecule has 0 amide bonds. The van der Waals surface area contributed by atoms with E-state index in [1.807, 2.05) is 29.2 Å². The van der Waals surface area contributed by atoms with Gasteiger partial charge >= 0.3 is 0 Å². The van der Waals surface area contributed by atoms with Crippen molar-refractivity contribution in [3.05, 3.63) is 29.3 Å². The first kappa shape index (κ1) is 14.3. The van der Waals surface area contributed by atoms with Gasteiger partial charge in [0.2, 0.25) is 0 Å². The zero-order valence-electron chi connectivity index (χ0n) is 9.97. The summed E-state index contributed by atoms with van der Waals surface area (Å²) in [5.74, 6) is 0. The van der Waals surface area contributed by atoms with Gasteiger partial charge in [-0.25, -0.2) is 0 Å². The molecule has 1 aromatic carbocycles. The molecule has 0 spiro atoms. The molecule has 0 bridgehead atoms. The average molecular weight is 259 g/mol. The average Bonchev–Trinajstić information content (AvgIpc) is 2.35. The summed E-state index contributed by atoms with van der Waals surface area (Å²) in [7, 11) is 1.65. The van der Waals surface area contributed by atoms with Crippen LogP contribution in [0.5, 0.6) is 0 Å². The van der Waals surface area contributed by atoms with Crippen molar-refractivity contribution in [1.82, 2.24) is 0 Å². The minimum Gasteiger partial charge on any atom is -0.390 e. The van der Waals surface area contributed by atoms with Crippen LogP contribution in [0.15, 0.2) is 24.3 Å². The second kappa shape index (κ2) is 7.50. The highest BCUT2D eigenvalue weighted by Gasteiger charge is 2.11.